The van der Waals surface area contributed by atoms with E-state index in [1.54, 1.807) is 18.3 Å². The number of rotatable bonds is 5. The molecule has 2 heterocycles. The van der Waals surface area contributed by atoms with Crippen LogP contribution in [0, 0.1) is 5.82 Å². The first kappa shape index (κ1) is 20.3. The molecule has 0 aliphatic carbocycles. The van der Waals surface area contributed by atoms with Gasteiger partial charge in [0.15, 0.2) is 0 Å². The monoisotopic (exact) mass is 400 g/mol. The molecule has 0 spiro atoms. The van der Waals surface area contributed by atoms with Gasteiger partial charge < -0.3 is 15.2 Å². The van der Waals surface area contributed by atoms with Crippen molar-refractivity contribution in [3.8, 4) is 16.9 Å². The van der Waals surface area contributed by atoms with Gasteiger partial charge >= 0.3 is 0 Å². The quantitative estimate of drug-likeness (QED) is 0.671. The Morgan fingerprint density at radius 2 is 1.86 bits per heavy atom. The van der Waals surface area contributed by atoms with Gasteiger partial charge in [0.1, 0.15) is 17.7 Å². The summed E-state index contributed by atoms with van der Waals surface area (Å²) in [6, 6.07) is 16.0. The molecule has 1 aliphatic rings. The second-order valence-corrected chi connectivity index (χ2v) is 6.75. The Bertz CT molecular complexity index is 920. The van der Waals surface area contributed by atoms with Crippen molar-refractivity contribution in [2.45, 2.75) is 25.2 Å². The summed E-state index contributed by atoms with van der Waals surface area (Å²) in [4.78, 5) is 4.29. The SMILES string of the molecule is Cl.OC1C[C@H](CNCc2cncc(-c3ccc(F)cc3)c2)Oc2ccccc21. The van der Waals surface area contributed by atoms with Crippen molar-refractivity contribution in [1.29, 1.82) is 0 Å². The fourth-order valence-corrected chi connectivity index (χ4v) is 3.35. The van der Waals surface area contributed by atoms with E-state index < -0.39 is 6.10 Å². The molecule has 4 rings (SSSR count). The van der Waals surface area contributed by atoms with Gasteiger partial charge in [-0.2, -0.15) is 0 Å². The Morgan fingerprint density at radius 1 is 1.07 bits per heavy atom. The lowest BCUT2D eigenvalue weighted by Crippen LogP contribution is -2.35. The molecule has 3 aromatic rings. The van der Waals surface area contributed by atoms with Crippen LogP contribution in [0.25, 0.3) is 11.1 Å². The standard InChI is InChI=1S/C22H21FN2O2.ClH/c23-18-7-5-16(6-8-18)17-9-15(11-24-13-17)12-25-14-19-10-21(26)20-3-1-2-4-22(20)27-19;/h1-9,11,13,19,21,25-26H,10,12,14H2;1H/t19-,21?;/m1./s1. The first-order chi connectivity index (χ1) is 13.2. The van der Waals surface area contributed by atoms with Crippen LogP contribution in [0.4, 0.5) is 4.39 Å². The van der Waals surface area contributed by atoms with Crippen LogP contribution in [-0.4, -0.2) is 22.7 Å². The third-order valence-corrected chi connectivity index (χ3v) is 4.73. The number of nitrogens with one attached hydrogen (secondary N) is 1. The van der Waals surface area contributed by atoms with E-state index in [4.69, 9.17) is 4.74 Å². The maximum Gasteiger partial charge on any atom is 0.125 e. The zero-order valence-corrected chi connectivity index (χ0v) is 16.0. The lowest BCUT2D eigenvalue weighted by molar-refractivity contribution is 0.0657. The number of para-hydroxylation sites is 1. The van der Waals surface area contributed by atoms with Crippen molar-refractivity contribution in [1.82, 2.24) is 10.3 Å². The van der Waals surface area contributed by atoms with Crippen LogP contribution in [0.15, 0.2) is 67.0 Å². The Balaban J connectivity index is 0.00000225. The van der Waals surface area contributed by atoms with Crippen LogP contribution < -0.4 is 10.1 Å². The molecule has 146 valence electrons. The van der Waals surface area contributed by atoms with Gasteiger partial charge in [-0.3, -0.25) is 4.98 Å². The summed E-state index contributed by atoms with van der Waals surface area (Å²) in [5.41, 5.74) is 3.77. The van der Waals surface area contributed by atoms with Crippen LogP contribution in [0.3, 0.4) is 0 Å². The van der Waals surface area contributed by atoms with Gasteiger partial charge in [0.25, 0.3) is 0 Å². The smallest absolute Gasteiger partial charge is 0.125 e. The van der Waals surface area contributed by atoms with Gasteiger partial charge in [-0.1, -0.05) is 30.3 Å². The molecule has 0 saturated heterocycles. The van der Waals surface area contributed by atoms with E-state index in [9.17, 15) is 9.50 Å². The first-order valence-electron chi connectivity index (χ1n) is 9.03. The van der Waals surface area contributed by atoms with Crippen molar-refractivity contribution in [3.05, 3.63) is 83.9 Å². The van der Waals surface area contributed by atoms with E-state index in [0.717, 1.165) is 28.0 Å². The number of halogens is 2. The van der Waals surface area contributed by atoms with Gasteiger partial charge in [-0.15, -0.1) is 12.4 Å². The summed E-state index contributed by atoms with van der Waals surface area (Å²) < 4.78 is 19.1. The molecule has 1 aliphatic heterocycles. The summed E-state index contributed by atoms with van der Waals surface area (Å²) in [7, 11) is 0. The maximum atomic E-state index is 13.1. The summed E-state index contributed by atoms with van der Waals surface area (Å²) >= 11 is 0. The minimum atomic E-state index is -0.495. The number of nitrogens with zero attached hydrogens (tertiary/aromatic N) is 1. The third kappa shape index (κ3) is 4.68. The van der Waals surface area contributed by atoms with Crippen LogP contribution in [-0.2, 0) is 6.54 Å². The average molecular weight is 401 g/mol. The van der Waals surface area contributed by atoms with Crippen molar-refractivity contribution in [2.24, 2.45) is 0 Å². The lowest BCUT2D eigenvalue weighted by Gasteiger charge is -2.29. The lowest BCUT2D eigenvalue weighted by atomic mass is 9.99. The summed E-state index contributed by atoms with van der Waals surface area (Å²) in [6.45, 7) is 1.27. The Morgan fingerprint density at radius 3 is 2.68 bits per heavy atom. The highest BCUT2D eigenvalue weighted by Crippen LogP contribution is 2.34. The molecule has 6 heteroatoms. The van der Waals surface area contributed by atoms with Crippen LogP contribution in [0.2, 0.25) is 0 Å². The van der Waals surface area contributed by atoms with Gasteiger partial charge in [-0.05, 0) is 35.4 Å². The van der Waals surface area contributed by atoms with Crippen LogP contribution in [0.1, 0.15) is 23.7 Å². The van der Waals surface area contributed by atoms with Crippen molar-refractivity contribution >= 4 is 12.4 Å². The van der Waals surface area contributed by atoms with Crippen LogP contribution in [0.5, 0.6) is 5.75 Å². The van der Waals surface area contributed by atoms with E-state index in [2.05, 4.69) is 10.3 Å². The minimum absolute atomic E-state index is 0. The molecule has 0 fully saturated rings. The number of aromatic nitrogens is 1. The minimum Gasteiger partial charge on any atom is -0.489 e. The number of hydrogen-bond acceptors (Lipinski definition) is 4. The molecule has 28 heavy (non-hydrogen) atoms. The molecule has 2 N–H and O–H groups in total. The number of fused-ring (bicyclic) bond motifs is 1. The fourth-order valence-electron chi connectivity index (χ4n) is 3.35. The van der Waals surface area contributed by atoms with E-state index >= 15 is 0 Å². The van der Waals surface area contributed by atoms with E-state index in [1.165, 1.54) is 12.1 Å². The molecule has 0 saturated carbocycles. The molecule has 0 radical (unpaired) electrons. The Hall–Kier alpha value is -2.47. The predicted molar refractivity (Wildman–Crippen MR) is 109 cm³/mol. The second kappa shape index (κ2) is 9.15. The summed E-state index contributed by atoms with van der Waals surface area (Å²) in [6.07, 6.45) is 3.58. The average Bonchev–Trinajstić information content (AvgIpc) is 2.69. The molecule has 4 nitrogen and oxygen atoms in total. The normalized spacial score (nSPS) is 17.9. The summed E-state index contributed by atoms with van der Waals surface area (Å²) in [5, 5.41) is 13.7. The summed E-state index contributed by atoms with van der Waals surface area (Å²) in [5.74, 6) is 0.504. The van der Waals surface area contributed by atoms with Crippen molar-refractivity contribution in [3.63, 3.8) is 0 Å². The van der Waals surface area contributed by atoms with Gasteiger partial charge in [0.05, 0.1) is 6.10 Å². The number of aliphatic hydroxyl groups is 1. The van der Waals surface area contributed by atoms with E-state index in [1.807, 2.05) is 36.5 Å². The number of ether oxygens (including phenoxy) is 1. The van der Waals surface area contributed by atoms with Gasteiger partial charge in [0.2, 0.25) is 0 Å². The van der Waals surface area contributed by atoms with Crippen molar-refractivity contribution < 1.29 is 14.2 Å². The molecular formula is C22H22ClFN2O2. The highest BCUT2D eigenvalue weighted by atomic mass is 35.5. The number of benzene rings is 2. The maximum absolute atomic E-state index is 13.1. The Kier molecular flexibility index (Phi) is 6.62. The number of hydrogen-bond donors (Lipinski definition) is 2. The Labute approximate surface area is 169 Å². The predicted octanol–water partition coefficient (Wildman–Crippen LogP) is 4.28. The van der Waals surface area contributed by atoms with Gasteiger partial charge in [0, 0.05) is 43.0 Å². The number of aliphatic hydroxyl groups excluding tert-OH is 1. The van der Waals surface area contributed by atoms with E-state index in [-0.39, 0.29) is 24.3 Å². The molecular weight excluding hydrogens is 379 g/mol. The molecule has 1 unspecified atom stereocenters. The highest BCUT2D eigenvalue weighted by molar-refractivity contribution is 5.85. The zero-order chi connectivity index (χ0) is 18.6. The van der Waals surface area contributed by atoms with Gasteiger partial charge in [-0.25, -0.2) is 4.39 Å². The topological polar surface area (TPSA) is 54.4 Å². The van der Waals surface area contributed by atoms with Crippen LogP contribution >= 0.6 is 12.4 Å². The molecule has 0 amide bonds. The molecule has 2 atom stereocenters. The first-order valence-corrected chi connectivity index (χ1v) is 9.03. The largest absolute Gasteiger partial charge is 0.489 e. The number of pyridine rings is 1. The molecule has 1 aromatic heterocycles. The van der Waals surface area contributed by atoms with Crippen molar-refractivity contribution in [2.75, 3.05) is 6.54 Å². The molecule has 2 aromatic carbocycles. The fraction of sp³-hybridized carbons (Fsp3) is 0.227. The zero-order valence-electron chi connectivity index (χ0n) is 15.2. The second-order valence-electron chi connectivity index (χ2n) is 6.75. The highest BCUT2D eigenvalue weighted by Gasteiger charge is 2.26. The van der Waals surface area contributed by atoms with E-state index in [0.29, 0.717) is 19.5 Å². The molecule has 0 bridgehead atoms. The third-order valence-electron chi connectivity index (χ3n) is 4.73.